The zero-order valence-corrected chi connectivity index (χ0v) is 21.9. The standard InChI is InChI=1S/C22H34O11Si/c1-12(13(2)33-34(7,8)9)10-28-22-21(31-17(6)26)20(30-16(5)25)19(29-15(4)24)18(32-22)11-27-14(3)23/h10,18-22H,2,11H2,1,3-9H3/b12-10+/t18-,19-,20+,21-,22+/m0/s1. The second kappa shape index (κ2) is 12.6. The molecule has 192 valence electrons. The minimum atomic E-state index is -1.92. The van der Waals surface area contributed by atoms with Gasteiger partial charge in [-0.1, -0.05) is 6.58 Å². The van der Waals surface area contributed by atoms with E-state index in [2.05, 4.69) is 6.58 Å². The highest BCUT2D eigenvalue weighted by molar-refractivity contribution is 6.70. The van der Waals surface area contributed by atoms with Crippen LogP contribution in [0.4, 0.5) is 0 Å². The van der Waals surface area contributed by atoms with Gasteiger partial charge in [0.05, 0.1) is 6.26 Å². The molecule has 1 rings (SSSR count). The van der Waals surface area contributed by atoms with Crippen LogP contribution in [-0.4, -0.2) is 69.5 Å². The number of rotatable bonds is 10. The molecular formula is C22H34O11Si. The monoisotopic (exact) mass is 502 g/mol. The molecule has 0 aromatic carbocycles. The van der Waals surface area contributed by atoms with Crippen LogP contribution in [0.1, 0.15) is 34.6 Å². The van der Waals surface area contributed by atoms with Gasteiger partial charge in [-0.3, -0.25) is 19.2 Å². The summed E-state index contributed by atoms with van der Waals surface area (Å²) in [6.07, 6.45) is -4.96. The molecule has 1 saturated heterocycles. The molecule has 12 heteroatoms. The lowest BCUT2D eigenvalue weighted by molar-refractivity contribution is -0.297. The van der Waals surface area contributed by atoms with Gasteiger partial charge in [0.2, 0.25) is 20.7 Å². The lowest BCUT2D eigenvalue weighted by atomic mass is 9.98. The summed E-state index contributed by atoms with van der Waals surface area (Å²) in [6.45, 7) is 15.9. The summed E-state index contributed by atoms with van der Waals surface area (Å²) in [7, 11) is -1.92. The molecule has 0 radical (unpaired) electrons. The van der Waals surface area contributed by atoms with Crippen molar-refractivity contribution in [3.63, 3.8) is 0 Å². The first-order chi connectivity index (χ1) is 15.6. The van der Waals surface area contributed by atoms with E-state index in [4.69, 9.17) is 32.8 Å². The third-order valence-electron chi connectivity index (χ3n) is 4.20. The molecule has 11 nitrogen and oxygen atoms in total. The molecule has 5 atom stereocenters. The number of carbonyl (C=O) groups is 4. The van der Waals surface area contributed by atoms with E-state index in [0.717, 1.165) is 20.8 Å². The normalized spacial score (nSPS) is 24.9. The van der Waals surface area contributed by atoms with Crippen molar-refractivity contribution in [3.05, 3.63) is 24.2 Å². The average Bonchev–Trinajstić information content (AvgIpc) is 2.65. The van der Waals surface area contributed by atoms with Gasteiger partial charge in [-0.25, -0.2) is 0 Å². The van der Waals surface area contributed by atoms with Gasteiger partial charge >= 0.3 is 23.9 Å². The maximum absolute atomic E-state index is 11.8. The summed E-state index contributed by atoms with van der Waals surface area (Å²) in [6, 6.07) is 0. The Morgan fingerprint density at radius 1 is 0.824 bits per heavy atom. The first kappa shape index (κ1) is 29.2. The smallest absolute Gasteiger partial charge is 0.303 e. The summed E-state index contributed by atoms with van der Waals surface area (Å²) >= 11 is 0. The van der Waals surface area contributed by atoms with Gasteiger partial charge in [0.25, 0.3) is 0 Å². The largest absolute Gasteiger partial charge is 0.544 e. The molecule has 0 unspecified atom stereocenters. The number of allylic oxidation sites excluding steroid dienone is 1. The lowest BCUT2D eigenvalue weighted by Crippen LogP contribution is -2.62. The third kappa shape index (κ3) is 9.95. The Kier molecular flexibility index (Phi) is 10.8. The fourth-order valence-electron chi connectivity index (χ4n) is 2.98. The highest BCUT2D eigenvalue weighted by Gasteiger charge is 2.53. The van der Waals surface area contributed by atoms with Gasteiger partial charge in [0, 0.05) is 33.3 Å². The van der Waals surface area contributed by atoms with E-state index in [1.54, 1.807) is 6.92 Å². The SMILES string of the molecule is C=C(O[Si](C)(C)C)/C(C)=C/O[C@@H]1O[C@@H](COC(C)=O)[C@H](OC(C)=O)[C@@H](OC(C)=O)[C@@H]1OC(C)=O. The maximum atomic E-state index is 11.8. The lowest BCUT2D eigenvalue weighted by Gasteiger charge is -2.43. The summed E-state index contributed by atoms with van der Waals surface area (Å²) < 4.78 is 38.4. The number of hydrogen-bond acceptors (Lipinski definition) is 11. The van der Waals surface area contributed by atoms with Crippen LogP contribution in [0.2, 0.25) is 19.6 Å². The van der Waals surface area contributed by atoms with Crippen LogP contribution in [0.25, 0.3) is 0 Å². The first-order valence-corrected chi connectivity index (χ1v) is 14.0. The van der Waals surface area contributed by atoms with Crippen molar-refractivity contribution >= 4 is 32.2 Å². The number of carbonyl (C=O) groups excluding carboxylic acids is 4. The topological polar surface area (TPSA) is 133 Å². The van der Waals surface area contributed by atoms with Crippen LogP contribution in [0.3, 0.4) is 0 Å². The number of hydrogen-bond donors (Lipinski definition) is 0. The highest BCUT2D eigenvalue weighted by atomic mass is 28.4. The molecule has 0 aromatic rings. The minimum absolute atomic E-state index is 0.341. The van der Waals surface area contributed by atoms with Crippen LogP contribution in [0.15, 0.2) is 24.2 Å². The first-order valence-electron chi connectivity index (χ1n) is 10.6. The maximum Gasteiger partial charge on any atom is 0.303 e. The fraction of sp³-hybridized carbons (Fsp3) is 0.636. The number of ether oxygens (including phenoxy) is 6. The summed E-state index contributed by atoms with van der Waals surface area (Å²) in [4.78, 5) is 46.8. The van der Waals surface area contributed by atoms with E-state index in [-0.39, 0.29) is 6.61 Å². The molecule has 1 heterocycles. The van der Waals surface area contributed by atoms with Crippen molar-refractivity contribution in [2.75, 3.05) is 6.61 Å². The Morgan fingerprint density at radius 2 is 1.32 bits per heavy atom. The van der Waals surface area contributed by atoms with E-state index < -0.39 is 62.9 Å². The van der Waals surface area contributed by atoms with E-state index in [1.165, 1.54) is 13.2 Å². The quantitative estimate of drug-likeness (QED) is 0.143. The molecule has 0 saturated carbocycles. The van der Waals surface area contributed by atoms with Crippen molar-refractivity contribution < 1.29 is 52.0 Å². The van der Waals surface area contributed by atoms with Crippen molar-refractivity contribution in [2.24, 2.45) is 0 Å². The molecule has 0 amide bonds. The minimum Gasteiger partial charge on any atom is -0.544 e. The van der Waals surface area contributed by atoms with Gasteiger partial charge in [-0.05, 0) is 26.6 Å². The molecule has 1 aliphatic heterocycles. The molecular weight excluding hydrogens is 468 g/mol. The fourth-order valence-corrected chi connectivity index (χ4v) is 3.88. The third-order valence-corrected chi connectivity index (χ3v) is 5.06. The zero-order valence-electron chi connectivity index (χ0n) is 20.9. The number of esters is 4. The zero-order chi connectivity index (χ0) is 26.2. The molecule has 0 spiro atoms. The Bertz CT molecular complexity index is 814. The second-order valence-electron chi connectivity index (χ2n) is 8.64. The Morgan fingerprint density at radius 3 is 1.79 bits per heavy atom. The highest BCUT2D eigenvalue weighted by Crippen LogP contribution is 2.30. The van der Waals surface area contributed by atoms with Crippen molar-refractivity contribution in [1.29, 1.82) is 0 Å². The van der Waals surface area contributed by atoms with E-state index in [9.17, 15) is 19.2 Å². The average molecular weight is 503 g/mol. The molecule has 34 heavy (non-hydrogen) atoms. The van der Waals surface area contributed by atoms with Gasteiger partial charge in [-0.15, -0.1) is 0 Å². The van der Waals surface area contributed by atoms with Crippen molar-refractivity contribution in [1.82, 2.24) is 0 Å². The van der Waals surface area contributed by atoms with Gasteiger partial charge < -0.3 is 32.8 Å². The van der Waals surface area contributed by atoms with Gasteiger partial charge in [0.15, 0.2) is 12.2 Å². The Balaban J connectivity index is 3.33. The molecule has 0 bridgehead atoms. The van der Waals surface area contributed by atoms with Crippen molar-refractivity contribution in [2.45, 2.75) is 85.0 Å². The van der Waals surface area contributed by atoms with Crippen LogP contribution in [-0.2, 0) is 52.0 Å². The van der Waals surface area contributed by atoms with E-state index >= 15 is 0 Å². The molecule has 0 N–H and O–H groups in total. The van der Waals surface area contributed by atoms with Crippen molar-refractivity contribution in [3.8, 4) is 0 Å². The predicted octanol–water partition coefficient (Wildman–Crippen LogP) is 2.36. The Hall–Kier alpha value is -2.86. The van der Waals surface area contributed by atoms with Crippen LogP contribution < -0.4 is 0 Å². The van der Waals surface area contributed by atoms with Crippen LogP contribution >= 0.6 is 0 Å². The van der Waals surface area contributed by atoms with E-state index in [0.29, 0.717) is 11.3 Å². The second-order valence-corrected chi connectivity index (χ2v) is 13.1. The van der Waals surface area contributed by atoms with Gasteiger partial charge in [0.1, 0.15) is 18.5 Å². The summed E-state index contributed by atoms with van der Waals surface area (Å²) in [5.74, 6) is -2.37. The summed E-state index contributed by atoms with van der Waals surface area (Å²) in [5, 5.41) is 0. The molecule has 1 fully saturated rings. The van der Waals surface area contributed by atoms with Crippen LogP contribution in [0.5, 0.6) is 0 Å². The molecule has 0 aliphatic carbocycles. The molecule has 1 aliphatic rings. The van der Waals surface area contributed by atoms with Crippen LogP contribution in [0, 0.1) is 0 Å². The van der Waals surface area contributed by atoms with E-state index in [1.807, 2.05) is 19.6 Å². The summed E-state index contributed by atoms with van der Waals surface area (Å²) in [5.41, 5.74) is 0.537. The Labute approximate surface area is 200 Å². The molecule has 0 aromatic heterocycles. The predicted molar refractivity (Wildman–Crippen MR) is 120 cm³/mol. The van der Waals surface area contributed by atoms with Gasteiger partial charge in [-0.2, -0.15) is 0 Å².